The molecule has 1 aromatic rings. The van der Waals surface area contributed by atoms with Gasteiger partial charge in [-0.3, -0.25) is 0 Å². The number of methoxy groups -OCH3 is 1. The number of nitrogens with two attached hydrogens (primary N) is 1. The van der Waals surface area contributed by atoms with Gasteiger partial charge in [0, 0.05) is 19.4 Å². The predicted octanol–water partition coefficient (Wildman–Crippen LogP) is 1.75. The van der Waals surface area contributed by atoms with Crippen molar-refractivity contribution in [1.29, 1.82) is 0 Å². The van der Waals surface area contributed by atoms with E-state index in [0.29, 0.717) is 38.0 Å². The highest BCUT2D eigenvalue weighted by Crippen LogP contribution is 2.41. The van der Waals surface area contributed by atoms with E-state index < -0.39 is 0 Å². The minimum atomic E-state index is 0.593. The number of ether oxygens (including phenoxy) is 2. The standard InChI is InChI=1S/C12H18IN3O2/c1-17-6-7-18-5-4-9-15-11(8-2-3-8)10(13)12(14)16-9/h8H,2-7H2,1H3,(H2,14,15,16). The zero-order chi connectivity index (χ0) is 13.0. The van der Waals surface area contributed by atoms with Crippen LogP contribution in [0.15, 0.2) is 0 Å². The lowest BCUT2D eigenvalue weighted by molar-refractivity contribution is 0.0716. The normalized spacial score (nSPS) is 15.0. The maximum absolute atomic E-state index is 5.92. The molecule has 0 unspecified atom stereocenters. The van der Waals surface area contributed by atoms with E-state index in [-0.39, 0.29) is 0 Å². The highest BCUT2D eigenvalue weighted by molar-refractivity contribution is 14.1. The van der Waals surface area contributed by atoms with Crippen LogP contribution >= 0.6 is 22.6 Å². The molecule has 1 heterocycles. The van der Waals surface area contributed by atoms with Gasteiger partial charge >= 0.3 is 0 Å². The lowest BCUT2D eigenvalue weighted by Crippen LogP contribution is -2.10. The molecule has 5 nitrogen and oxygen atoms in total. The van der Waals surface area contributed by atoms with E-state index in [2.05, 4.69) is 32.6 Å². The second-order valence-corrected chi connectivity index (χ2v) is 5.43. The van der Waals surface area contributed by atoms with Crippen LogP contribution in [0, 0.1) is 3.57 Å². The Morgan fingerprint density at radius 2 is 2.06 bits per heavy atom. The number of anilines is 1. The molecule has 0 amide bonds. The summed E-state index contributed by atoms with van der Waals surface area (Å²) >= 11 is 2.24. The Bertz CT molecular complexity index is 411. The molecule has 0 aliphatic heterocycles. The monoisotopic (exact) mass is 363 g/mol. The summed E-state index contributed by atoms with van der Waals surface area (Å²) in [5.74, 6) is 1.97. The zero-order valence-corrected chi connectivity index (χ0v) is 12.6. The van der Waals surface area contributed by atoms with Gasteiger partial charge in [0.05, 0.1) is 29.1 Å². The first-order valence-corrected chi connectivity index (χ1v) is 7.18. The van der Waals surface area contributed by atoms with E-state index in [1.54, 1.807) is 7.11 Å². The first kappa shape index (κ1) is 14.0. The maximum Gasteiger partial charge on any atom is 0.140 e. The average Bonchev–Trinajstić information content (AvgIpc) is 3.17. The molecular formula is C12H18IN3O2. The van der Waals surface area contributed by atoms with Crippen LogP contribution in [-0.4, -0.2) is 36.9 Å². The minimum Gasteiger partial charge on any atom is -0.383 e. The summed E-state index contributed by atoms with van der Waals surface area (Å²) in [6.07, 6.45) is 3.14. The van der Waals surface area contributed by atoms with Crippen molar-refractivity contribution in [2.75, 3.05) is 32.7 Å². The van der Waals surface area contributed by atoms with E-state index in [4.69, 9.17) is 15.2 Å². The Morgan fingerprint density at radius 1 is 1.28 bits per heavy atom. The molecule has 0 aromatic carbocycles. The average molecular weight is 363 g/mol. The summed E-state index contributed by atoms with van der Waals surface area (Å²) in [7, 11) is 1.66. The molecule has 100 valence electrons. The van der Waals surface area contributed by atoms with Crippen LogP contribution in [0.1, 0.15) is 30.3 Å². The fourth-order valence-electron chi connectivity index (χ4n) is 1.68. The predicted molar refractivity (Wildman–Crippen MR) is 77.5 cm³/mol. The van der Waals surface area contributed by atoms with Crippen LogP contribution in [0.5, 0.6) is 0 Å². The van der Waals surface area contributed by atoms with E-state index in [0.717, 1.165) is 15.1 Å². The number of hydrogen-bond donors (Lipinski definition) is 1. The van der Waals surface area contributed by atoms with Crippen molar-refractivity contribution in [3.63, 3.8) is 0 Å². The maximum atomic E-state index is 5.92. The molecule has 0 saturated heterocycles. The van der Waals surface area contributed by atoms with Gasteiger partial charge in [-0.1, -0.05) is 0 Å². The van der Waals surface area contributed by atoms with Crippen LogP contribution in [0.2, 0.25) is 0 Å². The molecule has 1 saturated carbocycles. The van der Waals surface area contributed by atoms with Crippen LogP contribution in [0.3, 0.4) is 0 Å². The number of hydrogen-bond acceptors (Lipinski definition) is 5. The molecule has 2 N–H and O–H groups in total. The summed E-state index contributed by atoms with van der Waals surface area (Å²) in [5.41, 5.74) is 7.04. The van der Waals surface area contributed by atoms with Crippen molar-refractivity contribution in [1.82, 2.24) is 9.97 Å². The third-order valence-electron chi connectivity index (χ3n) is 2.81. The summed E-state index contributed by atoms with van der Waals surface area (Å²) in [6, 6.07) is 0. The van der Waals surface area contributed by atoms with Crippen LogP contribution in [0.4, 0.5) is 5.82 Å². The zero-order valence-electron chi connectivity index (χ0n) is 10.5. The molecule has 2 rings (SSSR count). The third-order valence-corrected chi connectivity index (χ3v) is 3.92. The molecule has 1 aliphatic carbocycles. The first-order chi connectivity index (χ1) is 8.72. The quantitative estimate of drug-likeness (QED) is 0.591. The molecule has 1 aliphatic rings. The van der Waals surface area contributed by atoms with Crippen molar-refractivity contribution in [2.24, 2.45) is 0 Å². The molecule has 0 atom stereocenters. The first-order valence-electron chi connectivity index (χ1n) is 6.11. The van der Waals surface area contributed by atoms with Crippen LogP contribution in [-0.2, 0) is 15.9 Å². The van der Waals surface area contributed by atoms with Gasteiger partial charge in [0.25, 0.3) is 0 Å². The van der Waals surface area contributed by atoms with Gasteiger partial charge in [-0.2, -0.15) is 0 Å². The molecule has 18 heavy (non-hydrogen) atoms. The van der Waals surface area contributed by atoms with Gasteiger partial charge in [0.15, 0.2) is 0 Å². The largest absolute Gasteiger partial charge is 0.383 e. The summed E-state index contributed by atoms with van der Waals surface area (Å²) in [5, 5.41) is 0. The van der Waals surface area contributed by atoms with Crippen molar-refractivity contribution in [3.05, 3.63) is 15.1 Å². The van der Waals surface area contributed by atoms with Gasteiger partial charge in [0.2, 0.25) is 0 Å². The Labute approximate surface area is 121 Å². The summed E-state index contributed by atoms with van der Waals surface area (Å²) in [6.45, 7) is 1.82. The number of halogens is 1. The van der Waals surface area contributed by atoms with Gasteiger partial charge in [-0.25, -0.2) is 9.97 Å². The number of rotatable bonds is 7. The van der Waals surface area contributed by atoms with Crippen LogP contribution in [0.25, 0.3) is 0 Å². The van der Waals surface area contributed by atoms with Crippen molar-refractivity contribution in [3.8, 4) is 0 Å². The highest BCUT2D eigenvalue weighted by Gasteiger charge is 2.28. The fourth-order valence-corrected chi connectivity index (χ4v) is 2.36. The minimum absolute atomic E-state index is 0.593. The number of aromatic nitrogens is 2. The Kier molecular flexibility index (Phi) is 5.13. The third kappa shape index (κ3) is 3.76. The second kappa shape index (κ2) is 6.63. The van der Waals surface area contributed by atoms with Crippen LogP contribution < -0.4 is 5.73 Å². The fraction of sp³-hybridized carbons (Fsp3) is 0.667. The highest BCUT2D eigenvalue weighted by atomic mass is 127. The molecule has 0 radical (unpaired) electrons. The Hall–Kier alpha value is -0.470. The van der Waals surface area contributed by atoms with Gasteiger partial charge in [0.1, 0.15) is 11.6 Å². The van der Waals surface area contributed by atoms with Gasteiger partial charge < -0.3 is 15.2 Å². The summed E-state index contributed by atoms with van der Waals surface area (Å²) < 4.78 is 11.3. The summed E-state index contributed by atoms with van der Waals surface area (Å²) in [4.78, 5) is 8.91. The number of nitrogen functional groups attached to an aromatic ring is 1. The van der Waals surface area contributed by atoms with Crippen molar-refractivity contribution >= 4 is 28.4 Å². The van der Waals surface area contributed by atoms with Gasteiger partial charge in [-0.15, -0.1) is 0 Å². The molecular weight excluding hydrogens is 345 g/mol. The second-order valence-electron chi connectivity index (χ2n) is 4.35. The molecule has 0 bridgehead atoms. The Balaban J connectivity index is 1.92. The van der Waals surface area contributed by atoms with E-state index in [1.165, 1.54) is 12.8 Å². The molecule has 1 fully saturated rings. The lowest BCUT2D eigenvalue weighted by atomic mass is 10.2. The lowest BCUT2D eigenvalue weighted by Gasteiger charge is -2.08. The molecule has 6 heteroatoms. The van der Waals surface area contributed by atoms with E-state index >= 15 is 0 Å². The van der Waals surface area contributed by atoms with Crippen molar-refractivity contribution < 1.29 is 9.47 Å². The Morgan fingerprint density at radius 3 is 2.72 bits per heavy atom. The van der Waals surface area contributed by atoms with E-state index in [1.807, 2.05) is 0 Å². The molecule has 0 spiro atoms. The van der Waals surface area contributed by atoms with Crippen molar-refractivity contribution in [2.45, 2.75) is 25.2 Å². The topological polar surface area (TPSA) is 70.3 Å². The van der Waals surface area contributed by atoms with Gasteiger partial charge in [-0.05, 0) is 35.4 Å². The SMILES string of the molecule is COCCOCCc1nc(N)c(I)c(C2CC2)n1. The molecule has 1 aromatic heterocycles. The number of nitrogens with zero attached hydrogens (tertiary/aromatic N) is 2. The van der Waals surface area contributed by atoms with E-state index in [9.17, 15) is 0 Å². The smallest absolute Gasteiger partial charge is 0.140 e.